The van der Waals surface area contributed by atoms with Crippen LogP contribution < -0.4 is 5.48 Å². The SMILES string of the molecule is CC1NOC=C1C(=O)N1CCN2C(=O)c3ccc(-c4cnn(C)c4)n3CC12c1ccc(F)cc1. The number of halogens is 1. The number of aromatic nitrogens is 3. The Labute approximate surface area is 195 Å². The highest BCUT2D eigenvalue weighted by molar-refractivity contribution is 5.99. The lowest BCUT2D eigenvalue weighted by Crippen LogP contribution is -2.60. The maximum absolute atomic E-state index is 13.9. The minimum absolute atomic E-state index is 0.177. The molecule has 34 heavy (non-hydrogen) atoms. The number of nitrogens with zero attached hydrogens (tertiary/aromatic N) is 5. The molecule has 1 fully saturated rings. The van der Waals surface area contributed by atoms with Crippen molar-refractivity contribution in [3.8, 4) is 11.3 Å². The van der Waals surface area contributed by atoms with Crippen molar-refractivity contribution < 1.29 is 18.8 Å². The molecular formula is C24H23FN6O3. The largest absolute Gasteiger partial charge is 0.415 e. The molecule has 3 aliphatic heterocycles. The number of aryl methyl sites for hydroxylation is 1. The number of carbonyl (C=O) groups is 2. The molecule has 10 heteroatoms. The molecule has 1 aromatic carbocycles. The highest BCUT2D eigenvalue weighted by atomic mass is 19.1. The van der Waals surface area contributed by atoms with Gasteiger partial charge in [0.2, 0.25) is 0 Å². The van der Waals surface area contributed by atoms with Gasteiger partial charge in [0.05, 0.1) is 30.1 Å². The number of hydrogen-bond donors (Lipinski definition) is 1. The smallest absolute Gasteiger partial charge is 0.272 e. The summed E-state index contributed by atoms with van der Waals surface area (Å²) in [5, 5.41) is 4.27. The Bertz CT molecular complexity index is 1340. The fourth-order valence-electron chi connectivity index (χ4n) is 5.29. The van der Waals surface area contributed by atoms with Gasteiger partial charge in [0.1, 0.15) is 17.8 Å². The number of benzene rings is 1. The Morgan fingerprint density at radius 2 is 1.94 bits per heavy atom. The number of fused-ring (bicyclic) bond motifs is 2. The van der Waals surface area contributed by atoms with E-state index in [-0.39, 0.29) is 23.7 Å². The predicted molar refractivity (Wildman–Crippen MR) is 119 cm³/mol. The molecule has 2 unspecified atom stereocenters. The van der Waals surface area contributed by atoms with Crippen molar-refractivity contribution in [1.29, 1.82) is 0 Å². The average molecular weight is 462 g/mol. The first-order chi connectivity index (χ1) is 16.4. The minimum atomic E-state index is -1.12. The number of nitrogens with one attached hydrogen (secondary N) is 1. The quantitative estimate of drug-likeness (QED) is 0.644. The molecule has 0 spiro atoms. The van der Waals surface area contributed by atoms with E-state index >= 15 is 0 Å². The third-order valence-electron chi connectivity index (χ3n) is 6.96. The summed E-state index contributed by atoms with van der Waals surface area (Å²) in [7, 11) is 1.83. The molecule has 2 aromatic heterocycles. The van der Waals surface area contributed by atoms with Gasteiger partial charge in [-0.1, -0.05) is 12.1 Å². The lowest BCUT2D eigenvalue weighted by atomic mass is 9.93. The van der Waals surface area contributed by atoms with E-state index in [1.54, 1.807) is 32.8 Å². The fraction of sp³-hybridized carbons (Fsp3) is 0.292. The Morgan fingerprint density at radius 3 is 2.62 bits per heavy atom. The molecule has 1 N–H and O–H groups in total. The number of carbonyl (C=O) groups excluding carboxylic acids is 2. The standard InChI is InChI=1S/C24H23FN6O3/c1-15-19(13-34-27-15)22(32)30-9-10-31-23(33)21-8-7-20(16-11-26-28(2)12-16)29(21)14-24(30,31)17-3-5-18(25)6-4-17/h3-8,11-13,15,27H,9-10,14H2,1-2H3. The van der Waals surface area contributed by atoms with Crippen molar-refractivity contribution in [3.63, 3.8) is 0 Å². The summed E-state index contributed by atoms with van der Waals surface area (Å²) in [4.78, 5) is 36.2. The second-order valence-corrected chi connectivity index (χ2v) is 8.86. The van der Waals surface area contributed by atoms with Gasteiger partial charge in [-0.05, 0) is 31.2 Å². The Kier molecular flexibility index (Phi) is 4.43. The van der Waals surface area contributed by atoms with Crippen molar-refractivity contribution in [1.82, 2.24) is 29.6 Å². The van der Waals surface area contributed by atoms with Crippen LogP contribution in [-0.2, 0) is 28.9 Å². The Morgan fingerprint density at radius 1 is 1.18 bits per heavy atom. The second kappa shape index (κ2) is 7.29. The summed E-state index contributed by atoms with van der Waals surface area (Å²) in [6.45, 7) is 2.86. The van der Waals surface area contributed by atoms with Gasteiger partial charge in [0.25, 0.3) is 11.8 Å². The van der Waals surface area contributed by atoms with E-state index in [9.17, 15) is 14.0 Å². The monoisotopic (exact) mass is 462 g/mol. The van der Waals surface area contributed by atoms with Crippen molar-refractivity contribution in [2.45, 2.75) is 25.2 Å². The number of rotatable bonds is 3. The van der Waals surface area contributed by atoms with Crippen molar-refractivity contribution in [2.24, 2.45) is 7.05 Å². The number of amides is 2. The van der Waals surface area contributed by atoms with Crippen LogP contribution in [0.3, 0.4) is 0 Å². The summed E-state index contributed by atoms with van der Waals surface area (Å²) in [5.74, 6) is -0.786. The molecule has 2 atom stereocenters. The van der Waals surface area contributed by atoms with Crippen molar-refractivity contribution in [2.75, 3.05) is 13.1 Å². The lowest BCUT2D eigenvalue weighted by Gasteiger charge is -2.47. The molecule has 1 saturated heterocycles. The second-order valence-electron chi connectivity index (χ2n) is 8.86. The summed E-state index contributed by atoms with van der Waals surface area (Å²) in [6, 6.07) is 9.45. The fourth-order valence-corrected chi connectivity index (χ4v) is 5.29. The molecule has 3 aromatic rings. The average Bonchev–Trinajstić information content (AvgIpc) is 3.60. The van der Waals surface area contributed by atoms with Gasteiger partial charge in [-0.15, -0.1) is 5.48 Å². The van der Waals surface area contributed by atoms with Crippen LogP contribution in [0.1, 0.15) is 23.0 Å². The van der Waals surface area contributed by atoms with Gasteiger partial charge in [0, 0.05) is 37.5 Å². The van der Waals surface area contributed by atoms with Gasteiger partial charge in [-0.3, -0.25) is 14.3 Å². The highest BCUT2D eigenvalue weighted by Crippen LogP contribution is 2.45. The molecule has 0 saturated carbocycles. The number of hydrogen-bond acceptors (Lipinski definition) is 5. The zero-order valence-corrected chi connectivity index (χ0v) is 18.7. The topological polar surface area (TPSA) is 84.6 Å². The van der Waals surface area contributed by atoms with Gasteiger partial charge in [-0.25, -0.2) is 4.39 Å². The first-order valence-corrected chi connectivity index (χ1v) is 11.1. The predicted octanol–water partition coefficient (Wildman–Crippen LogP) is 1.99. The van der Waals surface area contributed by atoms with Gasteiger partial charge in [-0.2, -0.15) is 5.10 Å². The Hall–Kier alpha value is -3.92. The van der Waals surface area contributed by atoms with Crippen LogP contribution in [0.25, 0.3) is 11.3 Å². The maximum atomic E-state index is 13.9. The van der Waals surface area contributed by atoms with E-state index in [1.165, 1.54) is 18.4 Å². The van der Waals surface area contributed by atoms with Crippen LogP contribution >= 0.6 is 0 Å². The maximum Gasteiger partial charge on any atom is 0.272 e. The Balaban J connectivity index is 1.54. The lowest BCUT2D eigenvalue weighted by molar-refractivity contribution is -0.136. The molecule has 0 aliphatic carbocycles. The summed E-state index contributed by atoms with van der Waals surface area (Å²) < 4.78 is 17.5. The third-order valence-corrected chi connectivity index (χ3v) is 6.96. The molecular weight excluding hydrogens is 439 g/mol. The van der Waals surface area contributed by atoms with Crippen LogP contribution in [0.4, 0.5) is 4.39 Å². The third kappa shape index (κ3) is 2.78. The van der Waals surface area contributed by atoms with Crippen LogP contribution in [0.2, 0.25) is 0 Å². The van der Waals surface area contributed by atoms with E-state index < -0.39 is 5.66 Å². The van der Waals surface area contributed by atoms with Crippen molar-refractivity contribution >= 4 is 11.8 Å². The number of hydroxylamine groups is 1. The van der Waals surface area contributed by atoms with E-state index in [0.29, 0.717) is 36.5 Å². The molecule has 9 nitrogen and oxygen atoms in total. The van der Waals surface area contributed by atoms with Crippen LogP contribution in [-0.4, -0.2) is 55.1 Å². The molecule has 2 amide bonds. The highest BCUT2D eigenvalue weighted by Gasteiger charge is 2.57. The summed E-state index contributed by atoms with van der Waals surface area (Å²) in [6.07, 6.45) is 5.05. The normalized spacial score (nSPS) is 23.6. The zero-order valence-electron chi connectivity index (χ0n) is 18.7. The van der Waals surface area contributed by atoms with Crippen LogP contribution in [0.5, 0.6) is 0 Å². The first kappa shape index (κ1) is 20.7. The van der Waals surface area contributed by atoms with E-state index in [0.717, 1.165) is 11.3 Å². The first-order valence-electron chi connectivity index (χ1n) is 11.1. The summed E-state index contributed by atoms with van der Waals surface area (Å²) in [5.41, 5.74) is 5.04. The van der Waals surface area contributed by atoms with Gasteiger partial charge < -0.3 is 19.2 Å². The zero-order chi connectivity index (χ0) is 23.6. The molecule has 6 rings (SSSR count). The molecule has 3 aliphatic rings. The van der Waals surface area contributed by atoms with Crippen LogP contribution in [0.15, 0.2) is 60.6 Å². The molecule has 5 heterocycles. The van der Waals surface area contributed by atoms with E-state index in [1.807, 2.05) is 36.9 Å². The van der Waals surface area contributed by atoms with E-state index in [2.05, 4.69) is 10.6 Å². The summed E-state index contributed by atoms with van der Waals surface area (Å²) >= 11 is 0. The van der Waals surface area contributed by atoms with Crippen LogP contribution in [0, 0.1) is 5.82 Å². The molecule has 174 valence electrons. The van der Waals surface area contributed by atoms with Gasteiger partial charge in [0.15, 0.2) is 5.66 Å². The minimum Gasteiger partial charge on any atom is -0.415 e. The molecule has 0 bridgehead atoms. The van der Waals surface area contributed by atoms with Crippen molar-refractivity contribution in [3.05, 3.63) is 77.7 Å². The van der Waals surface area contributed by atoms with Gasteiger partial charge >= 0.3 is 0 Å². The van der Waals surface area contributed by atoms with E-state index in [4.69, 9.17) is 4.84 Å². The molecule has 0 radical (unpaired) electrons.